The Hall–Kier alpha value is -0.770. The molecule has 0 bridgehead atoms. The fourth-order valence-corrected chi connectivity index (χ4v) is 1.62. The number of ether oxygens (including phenoxy) is 1. The quantitative estimate of drug-likeness (QED) is 0.835. The number of methoxy groups -OCH3 is 1. The molecule has 0 aliphatic heterocycles. The van der Waals surface area contributed by atoms with Gasteiger partial charge in [-0.2, -0.15) is 0 Å². The summed E-state index contributed by atoms with van der Waals surface area (Å²) in [5.74, 6) is 0. The average molecular weight is 244 g/mol. The zero-order valence-electron chi connectivity index (χ0n) is 9.83. The molecule has 3 nitrogen and oxygen atoms in total. The molecule has 0 heterocycles. The van der Waals surface area contributed by atoms with Crippen LogP contribution in [0.15, 0.2) is 24.3 Å². The first kappa shape index (κ1) is 13.3. The van der Waals surface area contributed by atoms with Crippen molar-refractivity contribution in [3.63, 3.8) is 0 Å². The Bertz CT molecular complexity index is 346. The fraction of sp³-hybridized carbons (Fsp3) is 0.500. The maximum atomic E-state index is 9.44. The van der Waals surface area contributed by atoms with E-state index in [1.54, 1.807) is 7.11 Å². The van der Waals surface area contributed by atoms with Crippen LogP contribution in [0.25, 0.3) is 0 Å². The monoisotopic (exact) mass is 243 g/mol. The van der Waals surface area contributed by atoms with Gasteiger partial charge in [0.1, 0.15) is 0 Å². The van der Waals surface area contributed by atoms with Gasteiger partial charge in [-0.05, 0) is 32.0 Å². The normalized spacial score (nSPS) is 16.6. The first-order chi connectivity index (χ1) is 7.51. The molecule has 0 amide bonds. The van der Waals surface area contributed by atoms with Gasteiger partial charge < -0.3 is 15.2 Å². The number of aliphatic hydroxyl groups excluding tert-OH is 1. The van der Waals surface area contributed by atoms with E-state index in [4.69, 9.17) is 16.3 Å². The van der Waals surface area contributed by atoms with Crippen molar-refractivity contribution in [3.05, 3.63) is 29.3 Å². The summed E-state index contributed by atoms with van der Waals surface area (Å²) in [6.07, 6.45) is -0.114. The predicted molar refractivity (Wildman–Crippen MR) is 67.0 cm³/mol. The van der Waals surface area contributed by atoms with Gasteiger partial charge in [-0.25, -0.2) is 0 Å². The third-order valence-electron chi connectivity index (χ3n) is 2.83. The van der Waals surface area contributed by atoms with Crippen LogP contribution in [0.1, 0.15) is 13.8 Å². The van der Waals surface area contributed by atoms with Gasteiger partial charge in [-0.1, -0.05) is 17.7 Å². The molecule has 0 saturated heterocycles. The molecule has 4 heteroatoms. The van der Waals surface area contributed by atoms with Gasteiger partial charge >= 0.3 is 0 Å². The summed E-state index contributed by atoms with van der Waals surface area (Å²) in [6.45, 7) is 3.80. The highest BCUT2D eigenvalue weighted by molar-refractivity contribution is 6.30. The van der Waals surface area contributed by atoms with Crippen LogP contribution in [0.5, 0.6) is 0 Å². The van der Waals surface area contributed by atoms with Crippen molar-refractivity contribution in [1.82, 2.24) is 0 Å². The first-order valence-corrected chi connectivity index (χ1v) is 5.57. The Morgan fingerprint density at radius 2 is 2.25 bits per heavy atom. The number of nitrogens with one attached hydrogen (secondary N) is 1. The summed E-state index contributed by atoms with van der Waals surface area (Å²) < 4.78 is 5.25. The van der Waals surface area contributed by atoms with Crippen molar-refractivity contribution in [2.45, 2.75) is 25.5 Å². The SMILES string of the molecule is COC(C)C(C)(CO)Nc1cccc(Cl)c1. The van der Waals surface area contributed by atoms with E-state index in [0.717, 1.165) is 5.69 Å². The molecule has 16 heavy (non-hydrogen) atoms. The van der Waals surface area contributed by atoms with E-state index >= 15 is 0 Å². The van der Waals surface area contributed by atoms with Crippen molar-refractivity contribution >= 4 is 17.3 Å². The van der Waals surface area contributed by atoms with Crippen LogP contribution in [0, 0.1) is 0 Å². The summed E-state index contributed by atoms with van der Waals surface area (Å²) >= 11 is 5.90. The molecular weight excluding hydrogens is 226 g/mol. The number of benzene rings is 1. The average Bonchev–Trinajstić information content (AvgIpc) is 2.27. The van der Waals surface area contributed by atoms with E-state index in [2.05, 4.69) is 5.32 Å². The van der Waals surface area contributed by atoms with E-state index in [0.29, 0.717) is 5.02 Å². The van der Waals surface area contributed by atoms with E-state index in [1.165, 1.54) is 0 Å². The molecule has 0 fully saturated rings. The standard InChI is InChI=1S/C12H18ClNO2/c1-9(16-3)12(2,8-15)14-11-6-4-5-10(13)7-11/h4-7,9,14-15H,8H2,1-3H3. The number of aliphatic hydroxyl groups is 1. The maximum Gasteiger partial charge on any atom is 0.0834 e. The van der Waals surface area contributed by atoms with Gasteiger partial charge in [0.05, 0.1) is 18.2 Å². The van der Waals surface area contributed by atoms with Crippen LogP contribution in [0.2, 0.25) is 5.02 Å². The minimum Gasteiger partial charge on any atom is -0.394 e. The first-order valence-electron chi connectivity index (χ1n) is 5.19. The highest BCUT2D eigenvalue weighted by Gasteiger charge is 2.30. The molecule has 0 aliphatic carbocycles. The summed E-state index contributed by atoms with van der Waals surface area (Å²) in [7, 11) is 1.62. The maximum absolute atomic E-state index is 9.44. The van der Waals surface area contributed by atoms with E-state index < -0.39 is 5.54 Å². The molecular formula is C12H18ClNO2. The summed E-state index contributed by atoms with van der Waals surface area (Å²) in [4.78, 5) is 0. The Balaban J connectivity index is 2.84. The minimum absolute atomic E-state index is 0.0193. The summed E-state index contributed by atoms with van der Waals surface area (Å²) in [5, 5.41) is 13.3. The lowest BCUT2D eigenvalue weighted by Crippen LogP contribution is -2.49. The van der Waals surface area contributed by atoms with E-state index in [-0.39, 0.29) is 12.7 Å². The van der Waals surface area contributed by atoms with Crippen LogP contribution in [-0.4, -0.2) is 30.5 Å². The Kier molecular flexibility index (Phi) is 4.59. The second kappa shape index (κ2) is 5.53. The van der Waals surface area contributed by atoms with Gasteiger partial charge in [0.15, 0.2) is 0 Å². The third-order valence-corrected chi connectivity index (χ3v) is 3.07. The van der Waals surface area contributed by atoms with Crippen LogP contribution >= 0.6 is 11.6 Å². The molecule has 0 aliphatic rings. The van der Waals surface area contributed by atoms with Gasteiger partial charge in [0, 0.05) is 17.8 Å². The van der Waals surface area contributed by atoms with Crippen LogP contribution in [0.3, 0.4) is 0 Å². The summed E-state index contributed by atoms with van der Waals surface area (Å²) in [5.41, 5.74) is 0.340. The minimum atomic E-state index is -0.528. The number of hydrogen-bond donors (Lipinski definition) is 2. The van der Waals surface area contributed by atoms with E-state index in [9.17, 15) is 5.11 Å². The van der Waals surface area contributed by atoms with Crippen LogP contribution in [-0.2, 0) is 4.74 Å². The Morgan fingerprint density at radius 1 is 1.56 bits per heavy atom. The zero-order valence-corrected chi connectivity index (χ0v) is 10.6. The van der Waals surface area contributed by atoms with Crippen molar-refractivity contribution in [3.8, 4) is 0 Å². The molecule has 1 aromatic carbocycles. The second-order valence-electron chi connectivity index (χ2n) is 4.09. The molecule has 0 saturated carbocycles. The smallest absolute Gasteiger partial charge is 0.0834 e. The third kappa shape index (κ3) is 3.11. The molecule has 1 rings (SSSR count). The van der Waals surface area contributed by atoms with Gasteiger partial charge in [0.25, 0.3) is 0 Å². The topological polar surface area (TPSA) is 41.5 Å². The molecule has 2 atom stereocenters. The summed E-state index contributed by atoms with van der Waals surface area (Å²) in [6, 6.07) is 7.39. The number of rotatable bonds is 5. The number of anilines is 1. The highest BCUT2D eigenvalue weighted by Crippen LogP contribution is 2.22. The lowest BCUT2D eigenvalue weighted by molar-refractivity contribution is 0.0380. The highest BCUT2D eigenvalue weighted by atomic mass is 35.5. The van der Waals surface area contributed by atoms with Gasteiger partial charge in [-0.3, -0.25) is 0 Å². The Morgan fingerprint density at radius 3 is 2.75 bits per heavy atom. The fourth-order valence-electron chi connectivity index (χ4n) is 1.43. The van der Waals surface area contributed by atoms with Crippen molar-refractivity contribution in [1.29, 1.82) is 0 Å². The molecule has 0 radical (unpaired) electrons. The van der Waals surface area contributed by atoms with E-state index in [1.807, 2.05) is 38.1 Å². The molecule has 2 N–H and O–H groups in total. The Labute approximate surface area is 101 Å². The van der Waals surface area contributed by atoms with Crippen LogP contribution < -0.4 is 5.32 Å². The predicted octanol–water partition coefficient (Wildman–Crippen LogP) is 2.54. The molecule has 0 aromatic heterocycles. The number of hydrogen-bond acceptors (Lipinski definition) is 3. The molecule has 2 unspecified atom stereocenters. The van der Waals surface area contributed by atoms with Gasteiger partial charge in [-0.15, -0.1) is 0 Å². The van der Waals surface area contributed by atoms with Crippen LogP contribution in [0.4, 0.5) is 5.69 Å². The molecule has 90 valence electrons. The largest absolute Gasteiger partial charge is 0.394 e. The van der Waals surface area contributed by atoms with Gasteiger partial charge in [0.2, 0.25) is 0 Å². The van der Waals surface area contributed by atoms with Crippen molar-refractivity contribution in [2.75, 3.05) is 19.0 Å². The number of halogens is 1. The lowest BCUT2D eigenvalue weighted by Gasteiger charge is -2.34. The zero-order chi connectivity index (χ0) is 12.2. The second-order valence-corrected chi connectivity index (χ2v) is 4.53. The molecule has 0 spiro atoms. The van der Waals surface area contributed by atoms with Crippen molar-refractivity contribution < 1.29 is 9.84 Å². The molecule has 1 aromatic rings. The van der Waals surface area contributed by atoms with Crippen molar-refractivity contribution in [2.24, 2.45) is 0 Å². The lowest BCUT2D eigenvalue weighted by atomic mass is 9.96.